The van der Waals surface area contributed by atoms with Crippen LogP contribution in [0.1, 0.15) is 55.7 Å². The van der Waals surface area contributed by atoms with Crippen LogP contribution < -0.4 is 10.6 Å². The number of ether oxygens (including phenoxy) is 1. The van der Waals surface area contributed by atoms with Gasteiger partial charge in [0.2, 0.25) is 0 Å². The van der Waals surface area contributed by atoms with Crippen LogP contribution in [0.2, 0.25) is 0 Å². The molecule has 0 aliphatic heterocycles. The lowest BCUT2D eigenvalue weighted by molar-refractivity contribution is 0.0612. The lowest BCUT2D eigenvalue weighted by atomic mass is 9.87. The number of hydrogen-bond donors (Lipinski definition) is 2. The minimum Gasteiger partial charge on any atom is -0.376 e. The third-order valence-electron chi connectivity index (χ3n) is 4.77. The molecular weight excluding hydrogens is 295 g/mol. The number of halogens is 1. The monoisotopic (exact) mass is 320 g/mol. The zero-order valence-corrected chi connectivity index (χ0v) is 13.4. The summed E-state index contributed by atoms with van der Waals surface area (Å²) in [4.78, 5) is 12.0. The predicted molar refractivity (Wildman–Crippen MR) is 86.8 cm³/mol. The first-order valence-electron chi connectivity index (χ1n) is 8.66. The fourth-order valence-electron chi connectivity index (χ4n) is 3.57. The Morgan fingerprint density at radius 1 is 1.22 bits per heavy atom. The highest BCUT2D eigenvalue weighted by Gasteiger charge is 2.22. The first-order valence-corrected chi connectivity index (χ1v) is 8.66. The third kappa shape index (κ3) is 4.44. The van der Waals surface area contributed by atoms with Crippen molar-refractivity contribution in [3.8, 4) is 0 Å². The normalized spacial score (nSPS) is 21.0. The third-order valence-corrected chi connectivity index (χ3v) is 4.77. The summed E-state index contributed by atoms with van der Waals surface area (Å²) in [5.74, 6) is -0.247. The number of carbonyl (C=O) groups excluding carboxylic acids is 1. The van der Waals surface area contributed by atoms with Crippen LogP contribution in [0.25, 0.3) is 0 Å². The van der Waals surface area contributed by atoms with Gasteiger partial charge in [0, 0.05) is 6.54 Å². The molecule has 1 fully saturated rings. The quantitative estimate of drug-likeness (QED) is 0.816. The lowest BCUT2D eigenvalue weighted by Gasteiger charge is -2.26. The molecule has 2 aliphatic rings. The summed E-state index contributed by atoms with van der Waals surface area (Å²) in [6.07, 6.45) is 7.94. The number of amides is 2. The molecule has 4 nitrogen and oxygen atoms in total. The fourth-order valence-corrected chi connectivity index (χ4v) is 3.57. The fraction of sp³-hybridized carbons (Fsp3) is 0.611. The van der Waals surface area contributed by atoms with Gasteiger partial charge in [0.05, 0.1) is 18.8 Å². The van der Waals surface area contributed by atoms with Crippen LogP contribution >= 0.6 is 0 Å². The van der Waals surface area contributed by atoms with Crippen molar-refractivity contribution in [3.63, 3.8) is 0 Å². The smallest absolute Gasteiger partial charge is 0.315 e. The molecule has 1 aromatic rings. The number of urea groups is 1. The number of carbonyl (C=O) groups is 1. The Bertz CT molecular complexity index is 544. The average Bonchev–Trinajstić information content (AvgIpc) is 3.05. The molecule has 0 aromatic heterocycles. The summed E-state index contributed by atoms with van der Waals surface area (Å²) < 4.78 is 19.2. The number of nitrogens with one attached hydrogen (secondary N) is 2. The number of hydrogen-bond acceptors (Lipinski definition) is 2. The van der Waals surface area contributed by atoms with Crippen LogP contribution in [0.4, 0.5) is 9.18 Å². The Balaban J connectivity index is 1.44. The molecular formula is C18H25FN2O2. The van der Waals surface area contributed by atoms with Crippen molar-refractivity contribution in [1.82, 2.24) is 10.6 Å². The molecule has 1 atom stereocenters. The van der Waals surface area contributed by atoms with Crippen molar-refractivity contribution in [2.45, 2.75) is 57.1 Å². The van der Waals surface area contributed by atoms with E-state index in [1.807, 2.05) is 6.07 Å². The minimum absolute atomic E-state index is 0.106. The van der Waals surface area contributed by atoms with Crippen LogP contribution in [0.3, 0.4) is 0 Å². The standard InChI is InChI=1S/C18H25FN2O2/c19-14-9-8-13-4-3-7-17(16(13)12-14)21-18(22)20-10-11-23-15-5-1-2-6-15/h8-9,12,15,17H,1-7,10-11H2,(H2,20,21,22)/t17-/m0/s1. The Morgan fingerprint density at radius 3 is 2.87 bits per heavy atom. The molecule has 2 aliphatic carbocycles. The summed E-state index contributed by atoms with van der Waals surface area (Å²) >= 11 is 0. The molecule has 0 bridgehead atoms. The first kappa shape index (κ1) is 16.2. The van der Waals surface area contributed by atoms with Gasteiger partial charge in [0.1, 0.15) is 5.82 Å². The summed E-state index contributed by atoms with van der Waals surface area (Å²) in [6.45, 7) is 1.05. The summed E-state index contributed by atoms with van der Waals surface area (Å²) in [5, 5.41) is 5.79. The van der Waals surface area contributed by atoms with E-state index in [1.165, 1.54) is 18.9 Å². The van der Waals surface area contributed by atoms with E-state index in [9.17, 15) is 9.18 Å². The molecule has 0 unspecified atom stereocenters. The van der Waals surface area contributed by atoms with Gasteiger partial charge in [-0.25, -0.2) is 9.18 Å². The van der Waals surface area contributed by atoms with Gasteiger partial charge in [0.25, 0.3) is 0 Å². The van der Waals surface area contributed by atoms with Crippen LogP contribution in [0.5, 0.6) is 0 Å². The molecule has 126 valence electrons. The molecule has 1 aromatic carbocycles. The zero-order valence-electron chi connectivity index (χ0n) is 13.4. The predicted octanol–water partition coefficient (Wildman–Crippen LogP) is 3.46. The van der Waals surface area contributed by atoms with Gasteiger partial charge < -0.3 is 15.4 Å². The van der Waals surface area contributed by atoms with Crippen molar-refractivity contribution < 1.29 is 13.9 Å². The molecule has 2 amide bonds. The van der Waals surface area contributed by atoms with Crippen LogP contribution in [-0.4, -0.2) is 25.3 Å². The van der Waals surface area contributed by atoms with Crippen molar-refractivity contribution in [2.24, 2.45) is 0 Å². The van der Waals surface area contributed by atoms with Crippen molar-refractivity contribution in [3.05, 3.63) is 35.1 Å². The van der Waals surface area contributed by atoms with E-state index in [1.54, 1.807) is 6.07 Å². The first-order chi connectivity index (χ1) is 11.2. The van der Waals surface area contributed by atoms with Gasteiger partial charge in [-0.3, -0.25) is 0 Å². The Morgan fingerprint density at radius 2 is 2.04 bits per heavy atom. The van der Waals surface area contributed by atoms with Crippen molar-refractivity contribution >= 4 is 6.03 Å². The van der Waals surface area contributed by atoms with E-state index in [2.05, 4.69) is 10.6 Å². The summed E-state index contributed by atoms with van der Waals surface area (Å²) in [7, 11) is 0. The van der Waals surface area contributed by atoms with Gasteiger partial charge in [0.15, 0.2) is 0 Å². The number of fused-ring (bicyclic) bond motifs is 1. The Hall–Kier alpha value is -1.62. The van der Waals surface area contributed by atoms with Gasteiger partial charge in [-0.05, 0) is 55.4 Å². The van der Waals surface area contributed by atoms with Gasteiger partial charge in [-0.2, -0.15) is 0 Å². The number of rotatable bonds is 5. The lowest BCUT2D eigenvalue weighted by Crippen LogP contribution is -2.40. The molecule has 5 heteroatoms. The van der Waals surface area contributed by atoms with Crippen LogP contribution in [0.15, 0.2) is 18.2 Å². The number of aryl methyl sites for hydroxylation is 1. The SMILES string of the molecule is O=C(NCCOC1CCCC1)N[C@H]1CCCc2ccc(F)cc21. The summed E-state index contributed by atoms with van der Waals surface area (Å²) in [6, 6.07) is 4.54. The van der Waals surface area contributed by atoms with E-state index in [0.717, 1.165) is 43.2 Å². The maximum absolute atomic E-state index is 13.5. The maximum Gasteiger partial charge on any atom is 0.315 e. The molecule has 0 radical (unpaired) electrons. The maximum atomic E-state index is 13.5. The summed E-state index contributed by atoms with van der Waals surface area (Å²) in [5.41, 5.74) is 2.04. The Kier molecular flexibility index (Phi) is 5.49. The molecule has 0 spiro atoms. The van der Waals surface area contributed by atoms with E-state index < -0.39 is 0 Å². The van der Waals surface area contributed by atoms with E-state index >= 15 is 0 Å². The van der Waals surface area contributed by atoms with E-state index in [0.29, 0.717) is 19.3 Å². The van der Waals surface area contributed by atoms with Crippen LogP contribution in [0, 0.1) is 5.82 Å². The minimum atomic E-state index is -0.247. The molecule has 3 rings (SSSR count). The second-order valence-corrected chi connectivity index (χ2v) is 6.47. The molecule has 0 saturated heterocycles. The van der Waals surface area contributed by atoms with Gasteiger partial charge >= 0.3 is 6.03 Å². The van der Waals surface area contributed by atoms with E-state index in [4.69, 9.17) is 4.74 Å². The second kappa shape index (κ2) is 7.77. The van der Waals surface area contributed by atoms with Gasteiger partial charge in [-0.1, -0.05) is 18.9 Å². The molecule has 1 saturated carbocycles. The van der Waals surface area contributed by atoms with Crippen molar-refractivity contribution in [2.75, 3.05) is 13.2 Å². The van der Waals surface area contributed by atoms with Crippen LogP contribution in [-0.2, 0) is 11.2 Å². The van der Waals surface area contributed by atoms with Crippen molar-refractivity contribution in [1.29, 1.82) is 0 Å². The zero-order chi connectivity index (χ0) is 16.1. The topological polar surface area (TPSA) is 50.4 Å². The second-order valence-electron chi connectivity index (χ2n) is 6.47. The Labute approximate surface area is 136 Å². The molecule has 2 N–H and O–H groups in total. The molecule has 0 heterocycles. The highest BCUT2D eigenvalue weighted by molar-refractivity contribution is 5.74. The highest BCUT2D eigenvalue weighted by Crippen LogP contribution is 2.30. The largest absolute Gasteiger partial charge is 0.376 e. The van der Waals surface area contributed by atoms with E-state index in [-0.39, 0.29) is 17.9 Å². The highest BCUT2D eigenvalue weighted by atomic mass is 19.1. The number of benzene rings is 1. The van der Waals surface area contributed by atoms with Gasteiger partial charge in [-0.15, -0.1) is 0 Å². The average molecular weight is 320 g/mol. The molecule has 23 heavy (non-hydrogen) atoms.